The van der Waals surface area contributed by atoms with Crippen LogP contribution < -0.4 is 5.32 Å². The first-order chi connectivity index (χ1) is 7.17. The van der Waals surface area contributed by atoms with Gasteiger partial charge in [0.2, 0.25) is 0 Å². The highest BCUT2D eigenvalue weighted by atomic mass is 16.6. The minimum absolute atomic E-state index is 0.318. The van der Waals surface area contributed by atoms with Gasteiger partial charge in [-0.25, -0.2) is 9.59 Å². The van der Waals surface area contributed by atoms with Crippen LogP contribution in [0.1, 0.15) is 27.7 Å². The second kappa shape index (κ2) is 5.37. The first-order valence-corrected chi connectivity index (χ1v) is 4.76. The molecular formula is C11H17NO4. The molecule has 0 saturated carbocycles. The third kappa shape index (κ3) is 5.22. The van der Waals surface area contributed by atoms with Crippen LogP contribution in [0.2, 0.25) is 0 Å². The summed E-state index contributed by atoms with van der Waals surface area (Å²) >= 11 is 0. The standard InChI is InChI=1S/C11H17NO4/c1-6-7(2)8(9(13)14)12-10(15)16-11(3,4)5/h8H,1H2,2-5H3,(H,12,15)(H,13,14). The first-order valence-electron chi connectivity index (χ1n) is 4.76. The average Bonchev–Trinajstić information content (AvgIpc) is 2.09. The number of hydrogen-bond acceptors (Lipinski definition) is 3. The number of nitrogens with one attached hydrogen (secondary N) is 1. The molecule has 90 valence electrons. The number of rotatable bonds is 3. The molecule has 0 rings (SSSR count). The van der Waals surface area contributed by atoms with E-state index in [2.05, 4.69) is 17.6 Å². The topological polar surface area (TPSA) is 75.6 Å². The van der Waals surface area contributed by atoms with E-state index in [1.54, 1.807) is 20.8 Å². The summed E-state index contributed by atoms with van der Waals surface area (Å²) < 4.78 is 4.94. The van der Waals surface area contributed by atoms with Crippen molar-refractivity contribution in [1.82, 2.24) is 5.32 Å². The maximum Gasteiger partial charge on any atom is 0.408 e. The van der Waals surface area contributed by atoms with Crippen LogP contribution in [-0.4, -0.2) is 28.8 Å². The highest BCUT2D eigenvalue weighted by Crippen LogP contribution is 2.08. The molecule has 0 fully saturated rings. The number of aliphatic carboxylic acids is 1. The van der Waals surface area contributed by atoms with E-state index in [-0.39, 0.29) is 0 Å². The monoisotopic (exact) mass is 227 g/mol. The van der Waals surface area contributed by atoms with E-state index in [1.807, 2.05) is 0 Å². The maximum atomic E-state index is 11.3. The van der Waals surface area contributed by atoms with Crippen LogP contribution in [0.15, 0.2) is 17.9 Å². The lowest BCUT2D eigenvalue weighted by atomic mass is 10.1. The molecule has 16 heavy (non-hydrogen) atoms. The Kier molecular flexibility index (Phi) is 4.79. The van der Waals surface area contributed by atoms with Gasteiger partial charge >= 0.3 is 12.1 Å². The van der Waals surface area contributed by atoms with Gasteiger partial charge in [0.05, 0.1) is 0 Å². The van der Waals surface area contributed by atoms with E-state index in [0.29, 0.717) is 5.57 Å². The van der Waals surface area contributed by atoms with E-state index in [9.17, 15) is 9.59 Å². The fourth-order valence-corrected chi connectivity index (χ4v) is 0.883. The van der Waals surface area contributed by atoms with Gasteiger partial charge in [0.25, 0.3) is 0 Å². The molecule has 1 amide bonds. The number of amides is 1. The van der Waals surface area contributed by atoms with Crippen LogP contribution in [0.25, 0.3) is 0 Å². The molecular weight excluding hydrogens is 210 g/mol. The number of ether oxygens (including phenoxy) is 1. The highest BCUT2D eigenvalue weighted by Gasteiger charge is 2.24. The molecule has 0 aromatic heterocycles. The molecule has 0 saturated heterocycles. The van der Waals surface area contributed by atoms with Crippen LogP contribution in [0.3, 0.4) is 0 Å². The van der Waals surface area contributed by atoms with E-state index in [1.165, 1.54) is 6.92 Å². The van der Waals surface area contributed by atoms with Crippen molar-refractivity contribution in [3.05, 3.63) is 17.9 Å². The van der Waals surface area contributed by atoms with Crippen molar-refractivity contribution in [3.8, 4) is 0 Å². The lowest BCUT2D eigenvalue weighted by molar-refractivity contribution is -0.138. The van der Waals surface area contributed by atoms with Gasteiger partial charge in [0.15, 0.2) is 6.04 Å². The fraction of sp³-hybridized carbons (Fsp3) is 0.545. The number of hydrogen-bond donors (Lipinski definition) is 2. The number of carboxylic acid groups (broad SMARTS) is 1. The van der Waals surface area contributed by atoms with Crippen molar-refractivity contribution in [1.29, 1.82) is 0 Å². The molecule has 0 aliphatic carbocycles. The molecule has 0 aliphatic heterocycles. The molecule has 0 radical (unpaired) electrons. The summed E-state index contributed by atoms with van der Waals surface area (Å²) in [6.07, 6.45) is -0.783. The lowest BCUT2D eigenvalue weighted by Gasteiger charge is -2.21. The Labute approximate surface area is 94.8 Å². The van der Waals surface area contributed by atoms with Crippen LogP contribution in [0, 0.1) is 0 Å². The third-order valence-electron chi connectivity index (χ3n) is 1.62. The summed E-state index contributed by atoms with van der Waals surface area (Å²) in [5.41, 5.74) is 2.08. The fourth-order valence-electron chi connectivity index (χ4n) is 0.883. The summed E-state index contributed by atoms with van der Waals surface area (Å²) in [6.45, 7) is 9.92. The Hall–Kier alpha value is -1.74. The highest BCUT2D eigenvalue weighted by molar-refractivity contribution is 5.82. The van der Waals surface area contributed by atoms with Crippen LogP contribution in [0.4, 0.5) is 4.79 Å². The van der Waals surface area contributed by atoms with E-state index < -0.39 is 23.7 Å². The molecule has 1 unspecified atom stereocenters. The van der Waals surface area contributed by atoms with E-state index in [4.69, 9.17) is 9.84 Å². The molecule has 0 spiro atoms. The van der Waals surface area contributed by atoms with Crippen LogP contribution in [-0.2, 0) is 9.53 Å². The van der Waals surface area contributed by atoms with Gasteiger partial charge in [-0.2, -0.15) is 0 Å². The normalized spacial score (nSPS) is 12.2. The van der Waals surface area contributed by atoms with Crippen molar-refractivity contribution < 1.29 is 19.4 Å². The largest absolute Gasteiger partial charge is 0.479 e. The Morgan fingerprint density at radius 1 is 1.44 bits per heavy atom. The summed E-state index contributed by atoms with van der Waals surface area (Å²) in [5, 5.41) is 11.1. The minimum atomic E-state index is -1.18. The lowest BCUT2D eigenvalue weighted by Crippen LogP contribution is -2.44. The van der Waals surface area contributed by atoms with E-state index in [0.717, 1.165) is 0 Å². The van der Waals surface area contributed by atoms with Gasteiger partial charge in [-0.1, -0.05) is 6.58 Å². The number of alkyl carbamates (subject to hydrolysis) is 1. The summed E-state index contributed by atoms with van der Waals surface area (Å²) in [6, 6.07) is -1.16. The van der Waals surface area contributed by atoms with E-state index >= 15 is 0 Å². The van der Waals surface area contributed by atoms with Gasteiger partial charge in [0.1, 0.15) is 5.60 Å². The predicted octanol–water partition coefficient (Wildman–Crippen LogP) is 1.70. The number of carboxylic acids is 1. The second-order valence-corrected chi connectivity index (χ2v) is 4.28. The smallest absolute Gasteiger partial charge is 0.408 e. The molecule has 0 aromatic rings. The molecule has 0 heterocycles. The summed E-state index contributed by atoms with van der Waals surface area (Å²) in [4.78, 5) is 22.2. The zero-order valence-electron chi connectivity index (χ0n) is 9.96. The summed E-state index contributed by atoms with van der Waals surface area (Å²) in [7, 11) is 0. The first kappa shape index (κ1) is 14.3. The molecule has 5 nitrogen and oxygen atoms in total. The zero-order valence-corrected chi connectivity index (χ0v) is 9.96. The second-order valence-electron chi connectivity index (χ2n) is 4.28. The molecule has 5 heteroatoms. The van der Waals surface area contributed by atoms with Gasteiger partial charge in [0, 0.05) is 5.57 Å². The van der Waals surface area contributed by atoms with Crippen molar-refractivity contribution in [3.63, 3.8) is 0 Å². The Bertz CT molecular complexity index is 334. The SMILES string of the molecule is C=C=C(C)C(NC(=O)OC(C)(C)C)C(=O)O. The molecule has 0 bridgehead atoms. The molecule has 1 atom stereocenters. The quantitative estimate of drug-likeness (QED) is 0.719. The Balaban J connectivity index is 4.61. The zero-order chi connectivity index (χ0) is 12.9. The molecule has 2 N–H and O–H groups in total. The van der Waals surface area contributed by atoms with Gasteiger partial charge in [-0.05, 0) is 27.7 Å². The van der Waals surface area contributed by atoms with Crippen molar-refractivity contribution >= 4 is 12.1 Å². The number of carbonyl (C=O) groups excluding carboxylic acids is 1. The van der Waals surface area contributed by atoms with Crippen LogP contribution >= 0.6 is 0 Å². The van der Waals surface area contributed by atoms with Gasteiger partial charge in [-0.3, -0.25) is 0 Å². The number of carbonyl (C=O) groups is 2. The Morgan fingerprint density at radius 2 is 1.94 bits per heavy atom. The van der Waals surface area contributed by atoms with Gasteiger partial charge < -0.3 is 15.2 Å². The Morgan fingerprint density at radius 3 is 2.25 bits per heavy atom. The molecule has 0 aromatic carbocycles. The third-order valence-corrected chi connectivity index (χ3v) is 1.62. The van der Waals surface area contributed by atoms with Crippen molar-refractivity contribution in [2.45, 2.75) is 39.3 Å². The van der Waals surface area contributed by atoms with Crippen molar-refractivity contribution in [2.75, 3.05) is 0 Å². The van der Waals surface area contributed by atoms with Crippen LogP contribution in [0.5, 0.6) is 0 Å². The van der Waals surface area contributed by atoms with Gasteiger partial charge in [-0.15, -0.1) is 5.73 Å². The average molecular weight is 227 g/mol. The van der Waals surface area contributed by atoms with Crippen molar-refractivity contribution in [2.24, 2.45) is 0 Å². The minimum Gasteiger partial charge on any atom is -0.479 e. The summed E-state index contributed by atoms with van der Waals surface area (Å²) in [5.74, 6) is -1.18. The predicted molar refractivity (Wildman–Crippen MR) is 59.1 cm³/mol. The maximum absolute atomic E-state index is 11.3. The molecule has 0 aliphatic rings.